The SMILES string of the molecule is O=C(O)N(CCO)c1nc(Nc2ccc(Cl)cc2)ncc1[N+](=O)[O-]. The molecule has 0 saturated heterocycles. The number of nitrogens with one attached hydrogen (secondary N) is 1. The van der Waals surface area contributed by atoms with E-state index < -0.39 is 29.1 Å². The van der Waals surface area contributed by atoms with Gasteiger partial charge in [0.2, 0.25) is 11.8 Å². The molecule has 10 nitrogen and oxygen atoms in total. The van der Waals surface area contributed by atoms with Gasteiger partial charge in [0.1, 0.15) is 6.20 Å². The van der Waals surface area contributed by atoms with Crippen LogP contribution in [0.2, 0.25) is 5.02 Å². The zero-order valence-electron chi connectivity index (χ0n) is 12.1. The van der Waals surface area contributed by atoms with Gasteiger partial charge in [-0.2, -0.15) is 4.98 Å². The number of amides is 1. The fourth-order valence-corrected chi connectivity index (χ4v) is 1.93. The number of aliphatic hydroxyl groups is 1. The molecule has 1 aromatic carbocycles. The van der Waals surface area contributed by atoms with Crippen LogP contribution in [0, 0.1) is 10.1 Å². The molecule has 0 fully saturated rings. The summed E-state index contributed by atoms with van der Waals surface area (Å²) < 4.78 is 0. The Bertz CT molecular complexity index is 755. The molecule has 1 heterocycles. The van der Waals surface area contributed by atoms with Gasteiger partial charge in [-0.05, 0) is 24.3 Å². The summed E-state index contributed by atoms with van der Waals surface area (Å²) in [6, 6.07) is 6.50. The van der Waals surface area contributed by atoms with Crippen LogP contribution in [0.5, 0.6) is 0 Å². The molecule has 1 amide bonds. The molecule has 3 N–H and O–H groups in total. The van der Waals surface area contributed by atoms with E-state index in [0.29, 0.717) is 15.6 Å². The largest absolute Gasteiger partial charge is 0.465 e. The first-order valence-corrected chi connectivity index (χ1v) is 6.95. The molecule has 24 heavy (non-hydrogen) atoms. The van der Waals surface area contributed by atoms with E-state index in [1.165, 1.54) is 0 Å². The van der Waals surface area contributed by atoms with Crippen LogP contribution in [-0.4, -0.2) is 44.3 Å². The summed E-state index contributed by atoms with van der Waals surface area (Å²) in [6.07, 6.45) is -0.586. The van der Waals surface area contributed by atoms with E-state index in [2.05, 4.69) is 15.3 Å². The molecule has 11 heteroatoms. The minimum Gasteiger partial charge on any atom is -0.465 e. The lowest BCUT2D eigenvalue weighted by Crippen LogP contribution is -2.33. The van der Waals surface area contributed by atoms with Crippen molar-refractivity contribution < 1.29 is 19.9 Å². The van der Waals surface area contributed by atoms with Crippen LogP contribution >= 0.6 is 11.6 Å². The van der Waals surface area contributed by atoms with Gasteiger partial charge in [0.15, 0.2) is 0 Å². The molecule has 0 aliphatic rings. The number of aromatic nitrogens is 2. The highest BCUT2D eigenvalue weighted by Gasteiger charge is 2.27. The van der Waals surface area contributed by atoms with Gasteiger partial charge in [-0.1, -0.05) is 11.6 Å². The number of aliphatic hydroxyl groups excluding tert-OH is 1. The summed E-state index contributed by atoms with van der Waals surface area (Å²) in [4.78, 5) is 29.8. The minimum absolute atomic E-state index is 0.0397. The van der Waals surface area contributed by atoms with E-state index in [1.807, 2.05) is 0 Å². The third-order valence-corrected chi connectivity index (χ3v) is 3.11. The molecule has 0 aliphatic carbocycles. The molecule has 0 radical (unpaired) electrons. The van der Waals surface area contributed by atoms with Gasteiger partial charge in [0, 0.05) is 10.7 Å². The van der Waals surface area contributed by atoms with Crippen molar-refractivity contribution in [3.8, 4) is 0 Å². The van der Waals surface area contributed by atoms with Gasteiger partial charge >= 0.3 is 11.8 Å². The lowest BCUT2D eigenvalue weighted by Gasteiger charge is -2.17. The topological polar surface area (TPSA) is 142 Å². The van der Waals surface area contributed by atoms with Crippen LogP contribution in [0.4, 0.5) is 27.9 Å². The first kappa shape index (κ1) is 17.4. The molecule has 1 aromatic heterocycles. The molecular weight excluding hydrogens is 342 g/mol. The predicted octanol–water partition coefficient (Wildman–Crippen LogP) is 2.26. The summed E-state index contributed by atoms with van der Waals surface area (Å²) >= 11 is 5.78. The predicted molar refractivity (Wildman–Crippen MR) is 85.9 cm³/mol. The summed E-state index contributed by atoms with van der Waals surface area (Å²) in [5.74, 6) is -0.477. The molecule has 0 unspecified atom stereocenters. The summed E-state index contributed by atoms with van der Waals surface area (Å²) in [7, 11) is 0. The zero-order valence-corrected chi connectivity index (χ0v) is 12.8. The molecule has 0 spiro atoms. The lowest BCUT2D eigenvalue weighted by molar-refractivity contribution is -0.384. The lowest BCUT2D eigenvalue weighted by atomic mass is 10.3. The third kappa shape index (κ3) is 4.06. The average molecular weight is 354 g/mol. The van der Waals surface area contributed by atoms with Crippen molar-refractivity contribution in [2.75, 3.05) is 23.4 Å². The van der Waals surface area contributed by atoms with Gasteiger partial charge in [0.05, 0.1) is 18.1 Å². The molecule has 0 bridgehead atoms. The number of nitrogens with zero attached hydrogens (tertiary/aromatic N) is 4. The van der Waals surface area contributed by atoms with E-state index in [1.54, 1.807) is 24.3 Å². The normalized spacial score (nSPS) is 10.2. The Morgan fingerprint density at radius 1 is 1.38 bits per heavy atom. The summed E-state index contributed by atoms with van der Waals surface area (Å²) in [6.45, 7) is -0.888. The second-order valence-corrected chi connectivity index (χ2v) is 4.89. The van der Waals surface area contributed by atoms with Crippen LogP contribution in [-0.2, 0) is 0 Å². The first-order valence-electron chi connectivity index (χ1n) is 6.57. The number of nitro groups is 1. The number of halogens is 1. The van der Waals surface area contributed by atoms with Crippen LogP contribution < -0.4 is 10.2 Å². The van der Waals surface area contributed by atoms with E-state index in [0.717, 1.165) is 6.20 Å². The Labute approximate surface area is 140 Å². The zero-order chi connectivity index (χ0) is 17.7. The van der Waals surface area contributed by atoms with Crippen molar-refractivity contribution in [2.45, 2.75) is 0 Å². The van der Waals surface area contributed by atoms with Crippen LogP contribution in [0.25, 0.3) is 0 Å². The molecule has 2 aromatic rings. The van der Waals surface area contributed by atoms with E-state index in [-0.39, 0.29) is 12.5 Å². The van der Waals surface area contributed by atoms with E-state index in [9.17, 15) is 20.0 Å². The number of benzene rings is 1. The van der Waals surface area contributed by atoms with Crippen molar-refractivity contribution in [1.82, 2.24) is 9.97 Å². The van der Waals surface area contributed by atoms with Gasteiger partial charge in [-0.25, -0.2) is 9.78 Å². The van der Waals surface area contributed by atoms with Crippen molar-refractivity contribution in [2.24, 2.45) is 0 Å². The van der Waals surface area contributed by atoms with Crippen molar-refractivity contribution in [1.29, 1.82) is 0 Å². The number of rotatable bonds is 6. The third-order valence-electron chi connectivity index (χ3n) is 2.86. The standard InChI is InChI=1S/C13H12ClN5O5/c14-8-1-3-9(4-2-8)16-12-15-7-10(19(23)24)11(17-12)18(5-6-20)13(21)22/h1-4,7,20H,5-6H2,(H,21,22)(H,15,16,17). The van der Waals surface area contributed by atoms with Crippen molar-refractivity contribution >= 4 is 40.8 Å². The number of carbonyl (C=O) groups is 1. The maximum Gasteiger partial charge on any atom is 0.413 e. The molecule has 0 aliphatic heterocycles. The molecule has 0 saturated carbocycles. The van der Waals surface area contributed by atoms with Crippen LogP contribution in [0.1, 0.15) is 0 Å². The summed E-state index contributed by atoms with van der Waals surface area (Å²) in [5, 5.41) is 32.5. The molecule has 126 valence electrons. The Morgan fingerprint density at radius 2 is 2.04 bits per heavy atom. The molecule has 2 rings (SSSR count). The summed E-state index contributed by atoms with van der Waals surface area (Å²) in [5.41, 5.74) is -0.0317. The van der Waals surface area contributed by atoms with Gasteiger partial charge < -0.3 is 15.5 Å². The van der Waals surface area contributed by atoms with Gasteiger partial charge in [-0.15, -0.1) is 0 Å². The maximum absolute atomic E-state index is 11.3. The van der Waals surface area contributed by atoms with E-state index >= 15 is 0 Å². The number of anilines is 3. The first-order chi connectivity index (χ1) is 11.4. The van der Waals surface area contributed by atoms with Crippen LogP contribution in [0.3, 0.4) is 0 Å². The highest BCUT2D eigenvalue weighted by Crippen LogP contribution is 2.27. The second kappa shape index (κ2) is 7.53. The Hall–Kier alpha value is -2.98. The number of hydrogen-bond donors (Lipinski definition) is 3. The number of carboxylic acid groups (broad SMARTS) is 1. The molecular formula is C13H12ClN5O5. The van der Waals surface area contributed by atoms with E-state index in [4.69, 9.17) is 16.7 Å². The quantitative estimate of drug-likeness (QED) is 0.530. The fourth-order valence-electron chi connectivity index (χ4n) is 1.81. The van der Waals surface area contributed by atoms with Gasteiger partial charge in [-0.3, -0.25) is 15.0 Å². The van der Waals surface area contributed by atoms with Gasteiger partial charge in [0.25, 0.3) is 0 Å². The molecule has 0 atom stereocenters. The second-order valence-electron chi connectivity index (χ2n) is 4.45. The Kier molecular flexibility index (Phi) is 5.45. The average Bonchev–Trinajstić information content (AvgIpc) is 2.54. The fraction of sp³-hybridized carbons (Fsp3) is 0.154. The Balaban J connectivity index is 2.41. The highest BCUT2D eigenvalue weighted by molar-refractivity contribution is 6.30. The monoisotopic (exact) mass is 353 g/mol. The maximum atomic E-state index is 11.3. The Morgan fingerprint density at radius 3 is 2.58 bits per heavy atom. The minimum atomic E-state index is -1.48. The highest BCUT2D eigenvalue weighted by atomic mass is 35.5. The smallest absolute Gasteiger partial charge is 0.413 e. The van der Waals surface area contributed by atoms with Crippen molar-refractivity contribution in [3.63, 3.8) is 0 Å². The van der Waals surface area contributed by atoms with Crippen LogP contribution in [0.15, 0.2) is 30.5 Å². The number of hydrogen-bond acceptors (Lipinski definition) is 7. The van der Waals surface area contributed by atoms with Crippen molar-refractivity contribution in [3.05, 3.63) is 45.6 Å².